The van der Waals surface area contributed by atoms with E-state index in [-0.39, 0.29) is 33.9 Å². The molecule has 0 unspecified atom stereocenters. The molecular weight excluding hydrogens is 411 g/mol. The fourth-order valence-corrected chi connectivity index (χ4v) is 5.20. The van der Waals surface area contributed by atoms with Gasteiger partial charge in [0.1, 0.15) is 17.6 Å². The Morgan fingerprint density at radius 3 is 2.87 bits per heavy atom. The van der Waals surface area contributed by atoms with Crippen LogP contribution in [0.1, 0.15) is 42.7 Å². The van der Waals surface area contributed by atoms with Gasteiger partial charge in [0.25, 0.3) is 5.91 Å². The van der Waals surface area contributed by atoms with Crippen molar-refractivity contribution in [1.29, 1.82) is 5.26 Å². The minimum absolute atomic E-state index is 0.0620. The van der Waals surface area contributed by atoms with Gasteiger partial charge in [-0.1, -0.05) is 25.5 Å². The molecule has 2 heterocycles. The number of aromatic amines is 1. The Hall–Kier alpha value is -2.84. The molecule has 9 nitrogen and oxygen atoms in total. The first-order valence-corrected chi connectivity index (χ1v) is 11.1. The number of carbonyl (C=O) groups is 1. The highest BCUT2D eigenvalue weighted by molar-refractivity contribution is 7.89. The minimum Gasteiger partial charge on any atom is -0.337 e. The fraction of sp³-hybridized carbons (Fsp3) is 0.474. The van der Waals surface area contributed by atoms with E-state index in [1.54, 1.807) is 11.0 Å². The molecule has 0 aliphatic carbocycles. The minimum atomic E-state index is -3.97. The average molecular weight is 434 g/mol. The highest BCUT2D eigenvalue weighted by Crippen LogP contribution is 2.30. The standard InChI is InChI=1S/C19H23FN6O3S/c1-3-4-17(24-30(28,29)14-5-6-16(20)13(7-14)8-21)15-11-26(10-12(15)2)19(27)18-9-22-25-23-18/h5-7,9,12,15,17,24H,3-4,10-11H2,1-2H3,(H,22,23,25)/t12-,15+,17-/m1/s1. The molecule has 0 radical (unpaired) electrons. The molecule has 0 spiro atoms. The third kappa shape index (κ3) is 4.49. The highest BCUT2D eigenvalue weighted by atomic mass is 32.2. The van der Waals surface area contributed by atoms with E-state index in [1.807, 2.05) is 13.8 Å². The second-order valence-corrected chi connectivity index (χ2v) is 9.21. The van der Waals surface area contributed by atoms with Crippen LogP contribution in [0.3, 0.4) is 0 Å². The number of sulfonamides is 1. The Morgan fingerprint density at radius 2 is 2.23 bits per heavy atom. The largest absolute Gasteiger partial charge is 0.337 e. The first kappa shape index (κ1) is 21.9. The van der Waals surface area contributed by atoms with E-state index in [0.29, 0.717) is 19.5 Å². The Kier molecular flexibility index (Phi) is 6.48. The predicted octanol–water partition coefficient (Wildman–Crippen LogP) is 1.67. The molecule has 2 aromatic rings. The quantitative estimate of drug-likeness (QED) is 0.681. The zero-order valence-corrected chi connectivity index (χ0v) is 17.5. The Bertz CT molecular complexity index is 1050. The third-order valence-corrected chi connectivity index (χ3v) is 6.88. The Balaban J connectivity index is 1.80. The van der Waals surface area contributed by atoms with Crippen molar-refractivity contribution in [2.75, 3.05) is 13.1 Å². The van der Waals surface area contributed by atoms with Gasteiger partial charge in [0.15, 0.2) is 0 Å². The second-order valence-electron chi connectivity index (χ2n) is 7.49. The average Bonchev–Trinajstić information content (AvgIpc) is 3.37. The number of H-pyrrole nitrogens is 1. The van der Waals surface area contributed by atoms with Gasteiger partial charge < -0.3 is 4.90 Å². The molecule has 0 bridgehead atoms. The molecule has 1 amide bonds. The summed E-state index contributed by atoms with van der Waals surface area (Å²) in [6, 6.07) is 4.38. The van der Waals surface area contributed by atoms with Crippen LogP contribution < -0.4 is 4.72 Å². The topological polar surface area (TPSA) is 132 Å². The molecule has 1 aromatic heterocycles. The van der Waals surface area contributed by atoms with Crippen molar-refractivity contribution in [2.45, 2.75) is 37.6 Å². The maximum Gasteiger partial charge on any atom is 0.273 e. The van der Waals surface area contributed by atoms with Gasteiger partial charge in [0.2, 0.25) is 10.0 Å². The van der Waals surface area contributed by atoms with Crippen molar-refractivity contribution in [3.05, 3.63) is 41.5 Å². The van der Waals surface area contributed by atoms with Crippen molar-refractivity contribution in [3.63, 3.8) is 0 Å². The van der Waals surface area contributed by atoms with Gasteiger partial charge in [-0.2, -0.15) is 5.26 Å². The van der Waals surface area contributed by atoms with Crippen LogP contribution in [-0.4, -0.2) is 53.8 Å². The summed E-state index contributed by atoms with van der Waals surface area (Å²) in [5.41, 5.74) is -0.0464. The number of halogens is 1. The maximum absolute atomic E-state index is 13.6. The molecule has 1 saturated heterocycles. The number of aromatic nitrogens is 3. The molecule has 160 valence electrons. The van der Waals surface area contributed by atoms with Gasteiger partial charge >= 0.3 is 0 Å². The lowest BCUT2D eigenvalue weighted by atomic mass is 9.88. The molecule has 1 aliphatic heterocycles. The predicted molar refractivity (Wildman–Crippen MR) is 105 cm³/mol. The summed E-state index contributed by atoms with van der Waals surface area (Å²) < 4.78 is 42.1. The maximum atomic E-state index is 13.6. The zero-order chi connectivity index (χ0) is 21.9. The number of nitrogens with zero attached hydrogens (tertiary/aromatic N) is 4. The molecular formula is C19H23FN6O3S. The summed E-state index contributed by atoms with van der Waals surface area (Å²) in [6.07, 6.45) is 2.67. The number of hydrogen-bond acceptors (Lipinski definition) is 6. The first-order valence-electron chi connectivity index (χ1n) is 9.64. The Labute approximate surface area is 174 Å². The van der Waals surface area contributed by atoms with Gasteiger partial charge in [-0.25, -0.2) is 17.5 Å². The first-order chi connectivity index (χ1) is 14.3. The van der Waals surface area contributed by atoms with Crippen LogP contribution in [-0.2, 0) is 10.0 Å². The monoisotopic (exact) mass is 434 g/mol. The summed E-state index contributed by atoms with van der Waals surface area (Å²) in [7, 11) is -3.97. The van der Waals surface area contributed by atoms with Gasteiger partial charge in [0, 0.05) is 19.1 Å². The van der Waals surface area contributed by atoms with Crippen LogP contribution in [0.25, 0.3) is 0 Å². The summed E-state index contributed by atoms with van der Waals surface area (Å²) >= 11 is 0. The van der Waals surface area contributed by atoms with Crippen LogP contribution in [0.5, 0.6) is 0 Å². The second kappa shape index (κ2) is 8.89. The number of hydrogen-bond donors (Lipinski definition) is 2. The van der Waals surface area contributed by atoms with Crippen LogP contribution in [0.2, 0.25) is 0 Å². The summed E-state index contributed by atoms with van der Waals surface area (Å²) in [5, 5.41) is 18.7. The van der Waals surface area contributed by atoms with E-state index in [4.69, 9.17) is 5.26 Å². The molecule has 1 fully saturated rings. The molecule has 11 heteroatoms. The fourth-order valence-electron chi connectivity index (χ4n) is 3.85. The van der Waals surface area contributed by atoms with E-state index < -0.39 is 21.9 Å². The normalized spacial score (nSPS) is 20.1. The van der Waals surface area contributed by atoms with Crippen LogP contribution in [0.15, 0.2) is 29.3 Å². The third-order valence-electron chi connectivity index (χ3n) is 5.39. The number of likely N-dealkylation sites (tertiary alicyclic amines) is 1. The van der Waals surface area contributed by atoms with E-state index >= 15 is 0 Å². The van der Waals surface area contributed by atoms with Crippen LogP contribution >= 0.6 is 0 Å². The van der Waals surface area contributed by atoms with E-state index in [0.717, 1.165) is 24.6 Å². The lowest BCUT2D eigenvalue weighted by Crippen LogP contribution is -2.43. The molecule has 1 aliphatic rings. The molecule has 1 aromatic carbocycles. The van der Waals surface area contributed by atoms with Crippen LogP contribution in [0, 0.1) is 29.0 Å². The van der Waals surface area contributed by atoms with Gasteiger partial charge in [-0.3, -0.25) is 9.89 Å². The van der Waals surface area contributed by atoms with Crippen molar-refractivity contribution in [2.24, 2.45) is 11.8 Å². The smallest absolute Gasteiger partial charge is 0.273 e. The van der Waals surface area contributed by atoms with Crippen molar-refractivity contribution in [1.82, 2.24) is 25.0 Å². The lowest BCUT2D eigenvalue weighted by Gasteiger charge is -2.27. The Morgan fingerprint density at radius 1 is 1.47 bits per heavy atom. The lowest BCUT2D eigenvalue weighted by molar-refractivity contribution is 0.0777. The SMILES string of the molecule is CCC[C@@H](NS(=O)(=O)c1ccc(F)c(C#N)c1)[C@H]1CN(C(=O)c2cnn[nH]2)C[C@H]1C. The summed E-state index contributed by atoms with van der Waals surface area (Å²) in [5.74, 6) is -1.04. The molecule has 3 rings (SSSR count). The van der Waals surface area contributed by atoms with E-state index in [9.17, 15) is 17.6 Å². The van der Waals surface area contributed by atoms with Crippen molar-refractivity contribution < 1.29 is 17.6 Å². The zero-order valence-electron chi connectivity index (χ0n) is 16.7. The van der Waals surface area contributed by atoms with Gasteiger partial charge in [-0.05, 0) is 36.5 Å². The molecule has 2 N–H and O–H groups in total. The van der Waals surface area contributed by atoms with E-state index in [2.05, 4.69) is 20.1 Å². The van der Waals surface area contributed by atoms with Gasteiger partial charge in [0.05, 0.1) is 16.7 Å². The molecule has 3 atom stereocenters. The van der Waals surface area contributed by atoms with Crippen molar-refractivity contribution in [3.8, 4) is 6.07 Å². The van der Waals surface area contributed by atoms with E-state index in [1.165, 1.54) is 6.20 Å². The molecule has 0 saturated carbocycles. The summed E-state index contributed by atoms with van der Waals surface area (Å²) in [4.78, 5) is 14.1. The van der Waals surface area contributed by atoms with Gasteiger partial charge in [-0.15, -0.1) is 5.10 Å². The summed E-state index contributed by atoms with van der Waals surface area (Å²) in [6.45, 7) is 4.80. The number of carbonyl (C=O) groups excluding carboxylic acids is 1. The highest BCUT2D eigenvalue weighted by Gasteiger charge is 2.39. The molecule has 30 heavy (non-hydrogen) atoms. The number of nitriles is 1. The number of benzene rings is 1. The van der Waals surface area contributed by atoms with Crippen molar-refractivity contribution >= 4 is 15.9 Å². The number of nitrogens with one attached hydrogen (secondary N) is 2. The number of rotatable bonds is 7. The number of amides is 1. The van der Waals surface area contributed by atoms with Crippen LogP contribution in [0.4, 0.5) is 4.39 Å².